The first-order valence-corrected chi connectivity index (χ1v) is 6.10. The third kappa shape index (κ3) is 1.50. The van der Waals surface area contributed by atoms with Gasteiger partial charge < -0.3 is 5.73 Å². The third-order valence-electron chi connectivity index (χ3n) is 3.98. The van der Waals surface area contributed by atoms with Gasteiger partial charge in [-0.05, 0) is 47.8 Å². The van der Waals surface area contributed by atoms with Crippen molar-refractivity contribution in [3.05, 3.63) is 64.3 Å². The molecular formula is C16H17N. The zero-order chi connectivity index (χ0) is 12.0. The summed E-state index contributed by atoms with van der Waals surface area (Å²) in [4.78, 5) is 0. The van der Waals surface area contributed by atoms with Crippen LogP contribution in [0.1, 0.15) is 28.2 Å². The van der Waals surface area contributed by atoms with Gasteiger partial charge in [0.25, 0.3) is 0 Å². The zero-order valence-corrected chi connectivity index (χ0v) is 10.3. The summed E-state index contributed by atoms with van der Waals surface area (Å²) < 4.78 is 0. The van der Waals surface area contributed by atoms with Gasteiger partial charge in [0.1, 0.15) is 0 Å². The molecule has 3 rings (SSSR count). The van der Waals surface area contributed by atoms with Gasteiger partial charge >= 0.3 is 0 Å². The molecule has 1 heteroatoms. The van der Waals surface area contributed by atoms with E-state index in [2.05, 4.69) is 56.4 Å². The predicted octanol–water partition coefficient (Wildman–Crippen LogP) is 3.24. The van der Waals surface area contributed by atoms with Crippen LogP contribution >= 0.6 is 0 Å². The molecule has 1 nitrogen and oxygen atoms in total. The van der Waals surface area contributed by atoms with Gasteiger partial charge in [0.05, 0.1) is 0 Å². The minimum Gasteiger partial charge on any atom is -0.323 e. The molecule has 1 unspecified atom stereocenters. The Labute approximate surface area is 102 Å². The molecule has 17 heavy (non-hydrogen) atoms. The number of allylic oxidation sites excluding steroid dienone is 2. The molecule has 86 valence electrons. The second kappa shape index (κ2) is 3.71. The lowest BCUT2D eigenvalue weighted by Crippen LogP contribution is -2.31. The Morgan fingerprint density at radius 1 is 1.12 bits per heavy atom. The maximum absolute atomic E-state index is 6.32. The highest BCUT2D eigenvalue weighted by atomic mass is 14.7. The molecule has 0 fully saturated rings. The lowest BCUT2D eigenvalue weighted by Gasteiger charge is -2.29. The first kappa shape index (κ1) is 10.5. The van der Waals surface area contributed by atoms with Gasteiger partial charge in [-0.3, -0.25) is 0 Å². The summed E-state index contributed by atoms with van der Waals surface area (Å²) >= 11 is 0. The van der Waals surface area contributed by atoms with E-state index in [1.54, 1.807) is 0 Å². The highest BCUT2D eigenvalue weighted by Gasteiger charge is 2.27. The molecule has 1 aromatic rings. The fourth-order valence-electron chi connectivity index (χ4n) is 2.74. The SMILES string of the molecule is Cc1ccc2c(c1C)C=C1C=CC=C[C@H]2C1N. The van der Waals surface area contributed by atoms with E-state index in [4.69, 9.17) is 5.73 Å². The van der Waals surface area contributed by atoms with Crippen LogP contribution in [0.4, 0.5) is 0 Å². The summed E-state index contributed by atoms with van der Waals surface area (Å²) in [6.07, 6.45) is 10.8. The normalized spacial score (nSPS) is 25.2. The highest BCUT2D eigenvalue weighted by Crippen LogP contribution is 2.37. The van der Waals surface area contributed by atoms with E-state index < -0.39 is 0 Å². The van der Waals surface area contributed by atoms with Gasteiger partial charge in [-0.2, -0.15) is 0 Å². The van der Waals surface area contributed by atoms with Crippen molar-refractivity contribution in [3.8, 4) is 0 Å². The van der Waals surface area contributed by atoms with Gasteiger partial charge in [0.2, 0.25) is 0 Å². The Hall–Kier alpha value is -1.60. The van der Waals surface area contributed by atoms with Crippen LogP contribution in [0.5, 0.6) is 0 Å². The summed E-state index contributed by atoms with van der Waals surface area (Å²) in [6.45, 7) is 4.36. The standard InChI is InChI=1S/C16H17N/c1-10-7-8-13-14-6-4-3-5-12(16(14)17)9-15(13)11(10)2/h3-9,14,16H,17H2,1-2H3/t14-,16?/m1/s1. The van der Waals surface area contributed by atoms with E-state index in [0.29, 0.717) is 5.92 Å². The Bertz CT molecular complexity index is 561. The number of benzene rings is 1. The van der Waals surface area contributed by atoms with Crippen molar-refractivity contribution < 1.29 is 0 Å². The van der Waals surface area contributed by atoms with Crippen LogP contribution in [0.3, 0.4) is 0 Å². The predicted molar refractivity (Wildman–Crippen MR) is 72.9 cm³/mol. The van der Waals surface area contributed by atoms with E-state index in [0.717, 1.165) is 0 Å². The van der Waals surface area contributed by atoms with Crippen LogP contribution in [0, 0.1) is 13.8 Å². The summed E-state index contributed by atoms with van der Waals surface area (Å²) in [6, 6.07) is 4.52. The summed E-state index contributed by atoms with van der Waals surface area (Å²) in [7, 11) is 0. The van der Waals surface area contributed by atoms with Crippen LogP contribution in [-0.2, 0) is 0 Å². The van der Waals surface area contributed by atoms with Crippen molar-refractivity contribution in [2.75, 3.05) is 0 Å². The molecule has 0 amide bonds. The molecule has 0 saturated heterocycles. The summed E-state index contributed by atoms with van der Waals surface area (Å²) in [5, 5.41) is 0. The topological polar surface area (TPSA) is 26.0 Å². The number of fused-ring (bicyclic) bond motifs is 4. The molecular weight excluding hydrogens is 206 g/mol. The number of hydrogen-bond acceptors (Lipinski definition) is 1. The molecule has 0 spiro atoms. The van der Waals surface area contributed by atoms with E-state index in [-0.39, 0.29) is 6.04 Å². The van der Waals surface area contributed by atoms with Gasteiger partial charge in [0.15, 0.2) is 0 Å². The zero-order valence-electron chi connectivity index (χ0n) is 10.3. The molecule has 2 bridgehead atoms. The number of rotatable bonds is 0. The Morgan fingerprint density at radius 2 is 1.94 bits per heavy atom. The molecule has 2 aliphatic carbocycles. The molecule has 0 radical (unpaired) electrons. The molecule has 0 heterocycles. The molecule has 0 saturated carbocycles. The fraction of sp³-hybridized carbons (Fsp3) is 0.250. The summed E-state index contributed by atoms with van der Waals surface area (Å²) in [5.41, 5.74) is 13.0. The first-order valence-electron chi connectivity index (χ1n) is 6.10. The van der Waals surface area contributed by atoms with E-state index in [1.807, 2.05) is 0 Å². The van der Waals surface area contributed by atoms with Crippen molar-refractivity contribution in [3.63, 3.8) is 0 Å². The Kier molecular flexibility index (Phi) is 2.30. The van der Waals surface area contributed by atoms with Gasteiger partial charge in [-0.1, -0.05) is 36.4 Å². The van der Waals surface area contributed by atoms with Crippen LogP contribution in [0.2, 0.25) is 0 Å². The number of aryl methyl sites for hydroxylation is 1. The van der Waals surface area contributed by atoms with Crippen molar-refractivity contribution in [1.29, 1.82) is 0 Å². The third-order valence-corrected chi connectivity index (χ3v) is 3.98. The van der Waals surface area contributed by atoms with Crippen LogP contribution in [-0.4, -0.2) is 6.04 Å². The smallest absolute Gasteiger partial charge is 0.0400 e. The van der Waals surface area contributed by atoms with E-state index in [1.165, 1.54) is 27.8 Å². The lowest BCUT2D eigenvalue weighted by atomic mass is 9.78. The maximum Gasteiger partial charge on any atom is 0.0400 e. The first-order chi connectivity index (χ1) is 8.18. The molecule has 0 aliphatic heterocycles. The van der Waals surface area contributed by atoms with Crippen LogP contribution < -0.4 is 5.73 Å². The van der Waals surface area contributed by atoms with Crippen LogP contribution in [0.25, 0.3) is 6.08 Å². The second-order valence-corrected chi connectivity index (χ2v) is 4.95. The number of nitrogens with two attached hydrogens (primary N) is 1. The van der Waals surface area contributed by atoms with Gasteiger partial charge in [-0.25, -0.2) is 0 Å². The fourth-order valence-corrected chi connectivity index (χ4v) is 2.74. The molecule has 2 N–H and O–H groups in total. The summed E-state index contributed by atoms with van der Waals surface area (Å²) in [5.74, 6) is 0.319. The van der Waals surface area contributed by atoms with Crippen molar-refractivity contribution in [1.82, 2.24) is 0 Å². The van der Waals surface area contributed by atoms with Crippen molar-refractivity contribution in [2.24, 2.45) is 5.73 Å². The monoisotopic (exact) mass is 223 g/mol. The average Bonchev–Trinajstić information content (AvgIpc) is 2.45. The van der Waals surface area contributed by atoms with Gasteiger partial charge in [0, 0.05) is 12.0 Å². The maximum atomic E-state index is 6.32. The minimum absolute atomic E-state index is 0.0969. The Morgan fingerprint density at radius 3 is 2.76 bits per heavy atom. The minimum atomic E-state index is 0.0969. The average molecular weight is 223 g/mol. The quantitative estimate of drug-likeness (QED) is 0.718. The molecule has 2 atom stereocenters. The van der Waals surface area contributed by atoms with E-state index >= 15 is 0 Å². The lowest BCUT2D eigenvalue weighted by molar-refractivity contribution is 0.693. The van der Waals surface area contributed by atoms with E-state index in [9.17, 15) is 0 Å². The second-order valence-electron chi connectivity index (χ2n) is 4.95. The molecule has 1 aromatic carbocycles. The van der Waals surface area contributed by atoms with Gasteiger partial charge in [-0.15, -0.1) is 0 Å². The molecule has 0 aromatic heterocycles. The van der Waals surface area contributed by atoms with Crippen LogP contribution in [0.15, 0.2) is 42.0 Å². The Balaban J connectivity index is 2.30. The largest absolute Gasteiger partial charge is 0.323 e. The highest BCUT2D eigenvalue weighted by molar-refractivity contribution is 5.70. The van der Waals surface area contributed by atoms with Crippen molar-refractivity contribution in [2.45, 2.75) is 25.8 Å². The van der Waals surface area contributed by atoms with Crippen molar-refractivity contribution >= 4 is 6.08 Å². The number of hydrogen-bond donors (Lipinski definition) is 1. The molecule has 2 aliphatic rings.